The van der Waals surface area contributed by atoms with Gasteiger partial charge >= 0.3 is 36.0 Å². The minimum absolute atomic E-state index is 0.00444. The summed E-state index contributed by atoms with van der Waals surface area (Å²) in [5.74, 6) is -10.9. The number of ether oxygens (including phenoxy) is 3. The fraction of sp³-hybridized carbons (Fsp3) is 0.689. The number of rotatable bonds is 38. The highest BCUT2D eigenvalue weighted by Gasteiger charge is 2.73. The summed E-state index contributed by atoms with van der Waals surface area (Å²) in [6.07, 6.45) is 12.1. The number of nitrogens with zero attached hydrogens (tertiary/aromatic N) is 3. The van der Waals surface area contributed by atoms with Crippen LogP contribution in [0.4, 0.5) is 18.8 Å². The molecule has 10 fully saturated rings. The van der Waals surface area contributed by atoms with Gasteiger partial charge in [-0.05, 0) is 159 Å². The van der Waals surface area contributed by atoms with Gasteiger partial charge in [-0.1, -0.05) is 258 Å². The van der Waals surface area contributed by atoms with Crippen LogP contribution in [0.5, 0.6) is 0 Å². The van der Waals surface area contributed by atoms with Crippen molar-refractivity contribution < 1.29 is 105 Å². The van der Waals surface area contributed by atoms with Gasteiger partial charge < -0.3 is 94.0 Å². The molecule has 772 valence electrons. The van der Waals surface area contributed by atoms with E-state index >= 15 is 0 Å². The Morgan fingerprint density at radius 3 is 1.13 bits per heavy atom. The SMILES string of the molecule is C=CCOC(=O)[C@H](CC(C)(C)C)NC(=O)N[C@H](C(=O)N1C[C@H]2[C@@H]([C@H]1C(=O)NC(CC1CC1)C(=O)C(N)=O)C2(C)C)C(C)(C)C.CC(C)(C)[C@H](NC(=O)NC1(C(=O)OCc2ccc(F)cc2)CCCCC1)C(=O)N1C[C@H]2[C@@H]([C@H]1C(=O)NC(CC1CC1)C(=O)C(N)=O)C2(C)C.CC(C)[C@@H](NC(=O)N[C@H](C(=O)N1C[C@H]2[C@@H]([C@H]1C(=O)NC(CC1CCC1)C(=O)C(N)=O)C2(C)C)C(C)(C)C)C(=O)OCc1ccccc1. The monoisotopic (exact) mass is 1950 g/mol. The first-order valence-corrected chi connectivity index (χ1v) is 49.5. The lowest BCUT2D eigenvalue weighted by Gasteiger charge is -2.39. The third kappa shape index (κ3) is 27.3. The first-order valence-electron chi connectivity index (χ1n) is 49.5. The molecular weight excluding hydrogens is 1800 g/mol. The average Bonchev–Trinajstić information content (AvgIpc) is 1.53. The van der Waals surface area contributed by atoms with Gasteiger partial charge in [0.15, 0.2) is 0 Å². The molecule has 15 N–H and O–H groups in total. The van der Waals surface area contributed by atoms with Gasteiger partial charge in [-0.15, -0.1) is 0 Å². The maximum Gasteiger partial charge on any atom is 0.332 e. The fourth-order valence-electron chi connectivity index (χ4n) is 21.1. The van der Waals surface area contributed by atoms with Crippen LogP contribution in [0, 0.1) is 103 Å². The molecule has 7 saturated carbocycles. The maximum atomic E-state index is 14.4. The van der Waals surface area contributed by atoms with E-state index < -0.39 is 201 Å². The molecule has 37 heteroatoms. The molecule has 3 heterocycles. The Bertz CT molecular complexity index is 4990. The quantitative estimate of drug-likeness (QED) is 0.0132. The zero-order chi connectivity index (χ0) is 104. The van der Waals surface area contributed by atoms with Crippen molar-refractivity contribution in [2.75, 3.05) is 26.2 Å². The van der Waals surface area contributed by atoms with Crippen molar-refractivity contribution in [1.82, 2.24) is 62.6 Å². The number of piperidine rings is 3. The van der Waals surface area contributed by atoms with Gasteiger partial charge in [0.2, 0.25) is 52.8 Å². The van der Waals surface area contributed by atoms with Crippen LogP contribution in [-0.2, 0) is 99.3 Å². The maximum absolute atomic E-state index is 14.4. The molecule has 0 aromatic heterocycles. The summed E-state index contributed by atoms with van der Waals surface area (Å²) in [4.78, 5) is 242. The van der Waals surface area contributed by atoms with E-state index in [-0.39, 0.29) is 101 Å². The number of Topliss-reactive ketones (excluding diaryl/α,β-unsaturated/α-hetero) is 3. The number of amides is 15. The van der Waals surface area contributed by atoms with Crippen molar-refractivity contribution in [2.24, 2.45) is 114 Å². The summed E-state index contributed by atoms with van der Waals surface area (Å²) in [6.45, 7) is 42.2. The van der Waals surface area contributed by atoms with Gasteiger partial charge in [0.1, 0.15) is 79.5 Å². The number of nitrogens with two attached hydrogens (primary N) is 3. The normalized spacial score (nSPS) is 24.2. The highest BCUT2D eigenvalue weighted by atomic mass is 19.1. The number of fused-ring (bicyclic) bond motifs is 3. The lowest BCUT2D eigenvalue weighted by Crippen LogP contribution is -2.64. The van der Waals surface area contributed by atoms with Crippen LogP contribution in [-0.4, -0.2) is 219 Å². The molecule has 2 aromatic rings. The molecule has 0 radical (unpaired) electrons. The summed E-state index contributed by atoms with van der Waals surface area (Å²) in [6, 6.07) is 1.71. The summed E-state index contributed by atoms with van der Waals surface area (Å²) in [5.41, 5.74) is 12.7. The van der Waals surface area contributed by atoms with Crippen LogP contribution in [0.3, 0.4) is 0 Å². The number of hydrogen-bond acceptors (Lipinski definition) is 21. The number of ketones is 3. The van der Waals surface area contributed by atoms with Crippen molar-refractivity contribution >= 4 is 107 Å². The minimum atomic E-state index is -1.31. The largest absolute Gasteiger partial charge is 0.460 e. The van der Waals surface area contributed by atoms with Gasteiger partial charge in [-0.2, -0.15) is 0 Å². The first kappa shape index (κ1) is 111. The van der Waals surface area contributed by atoms with Gasteiger partial charge in [0, 0.05) is 19.6 Å². The Balaban J connectivity index is 0.000000217. The molecule has 0 spiro atoms. The van der Waals surface area contributed by atoms with E-state index in [1.54, 1.807) is 76.2 Å². The van der Waals surface area contributed by atoms with E-state index in [9.17, 15) is 90.7 Å². The highest BCUT2D eigenvalue weighted by Crippen LogP contribution is 2.67. The van der Waals surface area contributed by atoms with Crippen molar-refractivity contribution in [2.45, 2.75) is 326 Å². The number of primary amides is 3. The molecule has 12 rings (SSSR count). The van der Waals surface area contributed by atoms with Crippen LogP contribution in [0.1, 0.15) is 252 Å². The van der Waals surface area contributed by atoms with E-state index in [1.807, 2.05) is 92.6 Å². The summed E-state index contributed by atoms with van der Waals surface area (Å²) >= 11 is 0. The number of likely N-dealkylation sites (tertiary alicyclic amines) is 3. The predicted octanol–water partition coefficient (Wildman–Crippen LogP) is 7.85. The predicted molar refractivity (Wildman–Crippen MR) is 514 cm³/mol. The lowest BCUT2D eigenvalue weighted by molar-refractivity contribution is -0.154. The van der Waals surface area contributed by atoms with Crippen molar-refractivity contribution in [3.63, 3.8) is 0 Å². The van der Waals surface area contributed by atoms with Crippen molar-refractivity contribution in [3.05, 3.63) is 84.2 Å². The molecule has 10 aliphatic rings. The Labute approximate surface area is 821 Å². The number of carbonyl (C=O) groups excluding carboxylic acids is 18. The zero-order valence-electron chi connectivity index (χ0n) is 85.2. The summed E-state index contributed by atoms with van der Waals surface area (Å²) < 4.78 is 29.6. The van der Waals surface area contributed by atoms with E-state index in [2.05, 4.69) is 54.4 Å². The summed E-state index contributed by atoms with van der Waals surface area (Å²) in [7, 11) is 0. The standard InChI is InChI=1S/C36H50FN5O7.C35H51N5O7.C32H51N5O7/c1-34(2,3)28(40-33(48)41-36(15-7-6-8-16-36)32(47)49-19-21-11-13-22(37)14-12-21)31(46)42-18-23-25(35(23,4)5)26(42)30(45)39-24(17-20-9-10-20)27(43)29(38)44;1-19(2)25(32(45)47-18-21-12-9-8-10-13-21)38-33(46)39-28(34(3,4)5)31(44)40-17-22-24(35(22,6)7)26(40)30(43)37-23(27(41)29(36)42)16-20-14-11-15-20;1-10-13-44-28(42)20(15-30(2,3)4)35-29(43)36-24(31(5,6)7)27(41)37-16-18-21(32(18,8)9)22(37)26(40)34-19(14-17-11-12-17)23(38)25(33)39/h11-14,20,23-26,28H,6-10,15-19H2,1-5H3,(H2,38,44)(H,39,45)(H2,40,41,48);8-10,12-13,19-20,22-26,28H,11,14-18H2,1-7H3,(H2,36,42)(H,37,43)(H2,38,39,46);10,17-22,24H,1,11-16H2,2-9H3,(H2,33,39)(H,34,40)(H2,35,36,43)/t23-,24?,25-,26-,28+;22-,23?,24-,25+,26-,28+;18-,19?,20-,21-,22-,24+/m000/s1. The van der Waals surface area contributed by atoms with Crippen LogP contribution >= 0.6 is 0 Å². The number of urea groups is 3. The van der Waals surface area contributed by atoms with Gasteiger partial charge in [0.25, 0.3) is 17.7 Å². The third-order valence-corrected chi connectivity index (χ3v) is 30.3. The number of halogens is 1. The minimum Gasteiger partial charge on any atom is -0.460 e. The zero-order valence-corrected chi connectivity index (χ0v) is 85.2. The average molecular weight is 1960 g/mol. The fourth-order valence-corrected chi connectivity index (χ4v) is 21.1. The van der Waals surface area contributed by atoms with Crippen LogP contribution in [0.15, 0.2) is 67.3 Å². The molecule has 3 aliphatic heterocycles. The number of nitrogens with one attached hydrogen (secondary N) is 9. The van der Waals surface area contributed by atoms with Crippen LogP contribution < -0.4 is 65.1 Å². The van der Waals surface area contributed by atoms with Gasteiger partial charge in [-0.25, -0.2) is 33.2 Å². The number of carbonyl (C=O) groups is 18. The molecule has 36 nitrogen and oxygen atoms in total. The second-order valence-corrected chi connectivity index (χ2v) is 47.1. The third-order valence-electron chi connectivity index (χ3n) is 30.3. The van der Waals surface area contributed by atoms with Crippen molar-refractivity contribution in [1.29, 1.82) is 0 Å². The molecule has 3 unspecified atom stereocenters. The van der Waals surface area contributed by atoms with Crippen LogP contribution in [0.2, 0.25) is 0 Å². The number of benzene rings is 2. The molecule has 7 aliphatic carbocycles. The molecule has 0 bridgehead atoms. The highest BCUT2D eigenvalue weighted by molar-refractivity contribution is 6.39. The van der Waals surface area contributed by atoms with Crippen LogP contribution in [0.25, 0.3) is 0 Å². The molecule has 15 amide bonds. The van der Waals surface area contributed by atoms with Gasteiger partial charge in [-0.3, -0.25) is 57.5 Å². The second kappa shape index (κ2) is 44.0. The first-order chi connectivity index (χ1) is 65.1. The topological polar surface area (TPSA) is 531 Å². The molecule has 140 heavy (non-hydrogen) atoms. The Kier molecular flexibility index (Phi) is 34.7. The van der Waals surface area contributed by atoms with E-state index in [4.69, 9.17) is 31.4 Å². The lowest BCUT2D eigenvalue weighted by atomic mass is 9.80. The number of esters is 3. The Morgan fingerprint density at radius 1 is 0.436 bits per heavy atom. The Morgan fingerprint density at radius 2 is 0.793 bits per heavy atom. The van der Waals surface area contributed by atoms with Crippen molar-refractivity contribution in [3.8, 4) is 0 Å². The molecule has 2 aromatic carbocycles. The second-order valence-electron chi connectivity index (χ2n) is 47.1. The Hall–Kier alpha value is -11.4. The summed E-state index contributed by atoms with van der Waals surface area (Å²) in [5, 5.41) is 24.9. The van der Waals surface area contributed by atoms with E-state index in [0.717, 1.165) is 56.9 Å². The smallest absolute Gasteiger partial charge is 0.332 e. The molecular formula is C103H152FN15O21. The molecule has 3 saturated heterocycles. The van der Waals surface area contributed by atoms with E-state index in [0.29, 0.717) is 76.6 Å². The van der Waals surface area contributed by atoms with Gasteiger partial charge in [0.05, 0.1) is 18.1 Å². The van der Waals surface area contributed by atoms with E-state index in [1.165, 1.54) is 45.0 Å². The molecule has 17 atom stereocenters. The number of hydrogen-bond donors (Lipinski definition) is 12.